The van der Waals surface area contributed by atoms with Gasteiger partial charge >= 0.3 is 5.97 Å². The van der Waals surface area contributed by atoms with Gasteiger partial charge in [0.15, 0.2) is 0 Å². The number of hydrogen-bond acceptors (Lipinski definition) is 3. The minimum Gasteiger partial charge on any atom is -0.465 e. The minimum absolute atomic E-state index is 0.0336. The summed E-state index contributed by atoms with van der Waals surface area (Å²) in [5.41, 5.74) is 0. The van der Waals surface area contributed by atoms with E-state index < -0.39 is 16.0 Å². The van der Waals surface area contributed by atoms with E-state index in [4.69, 9.17) is 16.3 Å². The maximum absolute atomic E-state index is 11.2. The van der Waals surface area contributed by atoms with E-state index >= 15 is 0 Å². The molecule has 0 fully saturated rings. The Morgan fingerprint density at radius 2 is 2.07 bits per heavy atom. The van der Waals surface area contributed by atoms with E-state index in [0.29, 0.717) is 6.61 Å². The topological polar surface area (TPSA) is 43.4 Å². The molecular formula is C9H14BrClO3. The summed E-state index contributed by atoms with van der Waals surface area (Å²) in [6, 6.07) is 0. The highest BCUT2D eigenvalue weighted by atomic mass is 79.9. The number of carbonyl (C=O) groups excluding carboxylic acids is 2. The van der Waals surface area contributed by atoms with Crippen molar-refractivity contribution in [3.63, 3.8) is 0 Å². The van der Waals surface area contributed by atoms with Gasteiger partial charge in [0.25, 0.3) is 0 Å². The van der Waals surface area contributed by atoms with Gasteiger partial charge in [0.05, 0.1) is 6.61 Å². The Bertz CT molecular complexity index is 196. The molecule has 0 heterocycles. The fourth-order valence-electron chi connectivity index (χ4n) is 0.839. The highest BCUT2D eigenvalue weighted by molar-refractivity contribution is 9.10. The molecule has 0 N–H and O–H groups in total. The van der Waals surface area contributed by atoms with Gasteiger partial charge in [-0.15, -0.1) is 0 Å². The van der Waals surface area contributed by atoms with Crippen molar-refractivity contribution in [2.24, 2.45) is 0 Å². The van der Waals surface area contributed by atoms with Crippen molar-refractivity contribution in [3.05, 3.63) is 0 Å². The molecule has 0 saturated heterocycles. The van der Waals surface area contributed by atoms with E-state index in [0.717, 1.165) is 19.3 Å². The SMILES string of the molecule is CCCCCOC(=O)C(Br)CC(=O)Cl. The summed E-state index contributed by atoms with van der Waals surface area (Å²) in [6.07, 6.45) is 2.94. The number of rotatable bonds is 7. The first-order valence-corrected chi connectivity index (χ1v) is 5.86. The largest absolute Gasteiger partial charge is 0.465 e. The first-order chi connectivity index (χ1) is 6.57. The molecule has 0 aromatic heterocycles. The van der Waals surface area contributed by atoms with Crippen LogP contribution in [0.15, 0.2) is 0 Å². The quantitative estimate of drug-likeness (QED) is 0.313. The Labute approximate surface area is 97.3 Å². The van der Waals surface area contributed by atoms with Crippen molar-refractivity contribution >= 4 is 38.7 Å². The second-order valence-electron chi connectivity index (χ2n) is 2.90. The lowest BCUT2D eigenvalue weighted by molar-refractivity contribution is -0.143. The third-order valence-corrected chi connectivity index (χ3v) is 2.44. The van der Waals surface area contributed by atoms with Gasteiger partial charge in [0.1, 0.15) is 4.83 Å². The van der Waals surface area contributed by atoms with Crippen LogP contribution in [0.4, 0.5) is 0 Å². The highest BCUT2D eigenvalue weighted by Crippen LogP contribution is 2.10. The molecule has 0 aliphatic rings. The monoisotopic (exact) mass is 284 g/mol. The Hall–Kier alpha value is -0.0900. The van der Waals surface area contributed by atoms with E-state index in [1.54, 1.807) is 0 Å². The van der Waals surface area contributed by atoms with Crippen LogP contribution in [-0.2, 0) is 14.3 Å². The summed E-state index contributed by atoms with van der Waals surface area (Å²) < 4.78 is 4.91. The van der Waals surface area contributed by atoms with Gasteiger partial charge in [-0.3, -0.25) is 9.59 Å². The lowest BCUT2D eigenvalue weighted by Crippen LogP contribution is -2.19. The van der Waals surface area contributed by atoms with Gasteiger partial charge in [-0.05, 0) is 18.0 Å². The van der Waals surface area contributed by atoms with Crippen LogP contribution in [0.25, 0.3) is 0 Å². The number of alkyl halides is 1. The minimum atomic E-state index is -0.617. The molecular weight excluding hydrogens is 271 g/mol. The van der Waals surface area contributed by atoms with Crippen LogP contribution in [0, 0.1) is 0 Å². The number of halogens is 2. The van der Waals surface area contributed by atoms with Crippen LogP contribution < -0.4 is 0 Å². The van der Waals surface area contributed by atoms with Crippen LogP contribution >= 0.6 is 27.5 Å². The second kappa shape index (κ2) is 8.24. The molecule has 0 aromatic carbocycles. The number of hydrogen-bond donors (Lipinski definition) is 0. The molecule has 1 atom stereocenters. The van der Waals surface area contributed by atoms with E-state index in [-0.39, 0.29) is 6.42 Å². The molecule has 0 amide bonds. The zero-order valence-corrected chi connectivity index (χ0v) is 10.4. The van der Waals surface area contributed by atoms with Crippen molar-refractivity contribution in [1.82, 2.24) is 0 Å². The van der Waals surface area contributed by atoms with Gasteiger partial charge in [0, 0.05) is 6.42 Å². The van der Waals surface area contributed by atoms with Crippen molar-refractivity contribution < 1.29 is 14.3 Å². The van der Waals surface area contributed by atoms with Gasteiger partial charge in [-0.1, -0.05) is 35.7 Å². The van der Waals surface area contributed by atoms with Crippen LogP contribution in [-0.4, -0.2) is 22.6 Å². The van der Waals surface area contributed by atoms with E-state index in [1.807, 2.05) is 0 Å². The fourth-order valence-corrected chi connectivity index (χ4v) is 1.61. The van der Waals surface area contributed by atoms with Crippen molar-refractivity contribution in [1.29, 1.82) is 0 Å². The fraction of sp³-hybridized carbons (Fsp3) is 0.778. The average Bonchev–Trinajstić information content (AvgIpc) is 2.11. The molecule has 0 spiro atoms. The summed E-state index contributed by atoms with van der Waals surface area (Å²) in [5.74, 6) is -0.421. The highest BCUT2D eigenvalue weighted by Gasteiger charge is 2.18. The number of unbranched alkanes of at least 4 members (excludes halogenated alkanes) is 2. The van der Waals surface area contributed by atoms with Crippen LogP contribution in [0.5, 0.6) is 0 Å². The number of esters is 1. The number of carbonyl (C=O) groups is 2. The molecule has 0 rings (SSSR count). The summed E-state index contributed by atoms with van der Waals surface area (Å²) in [5, 5.41) is -0.544. The van der Waals surface area contributed by atoms with Gasteiger partial charge in [0.2, 0.25) is 5.24 Å². The average molecular weight is 286 g/mol. The lowest BCUT2D eigenvalue weighted by atomic mass is 10.3. The van der Waals surface area contributed by atoms with Crippen molar-refractivity contribution in [2.75, 3.05) is 6.61 Å². The van der Waals surface area contributed by atoms with Gasteiger partial charge in [-0.25, -0.2) is 0 Å². The number of ether oxygens (including phenoxy) is 1. The molecule has 3 nitrogen and oxygen atoms in total. The third kappa shape index (κ3) is 7.33. The van der Waals surface area contributed by atoms with E-state index in [9.17, 15) is 9.59 Å². The smallest absolute Gasteiger partial charge is 0.320 e. The van der Waals surface area contributed by atoms with Gasteiger partial charge < -0.3 is 4.74 Å². The molecule has 0 aliphatic carbocycles. The lowest BCUT2D eigenvalue weighted by Gasteiger charge is -2.07. The Kier molecular flexibility index (Phi) is 8.18. The van der Waals surface area contributed by atoms with E-state index in [2.05, 4.69) is 22.9 Å². The second-order valence-corrected chi connectivity index (χ2v) is 4.43. The predicted molar refractivity (Wildman–Crippen MR) is 58.7 cm³/mol. The summed E-state index contributed by atoms with van der Waals surface area (Å²) in [4.78, 5) is 21.0. The van der Waals surface area contributed by atoms with Crippen LogP contribution in [0.1, 0.15) is 32.6 Å². The molecule has 5 heteroatoms. The predicted octanol–water partition coefficient (Wildman–Crippen LogP) is 2.64. The summed E-state index contributed by atoms with van der Waals surface area (Å²) in [6.45, 7) is 2.48. The first kappa shape index (κ1) is 13.9. The maximum Gasteiger partial charge on any atom is 0.320 e. The molecule has 0 bridgehead atoms. The summed E-state index contributed by atoms with van der Waals surface area (Å²) >= 11 is 8.16. The molecule has 1 unspecified atom stereocenters. The molecule has 0 aliphatic heterocycles. The third-order valence-electron chi connectivity index (χ3n) is 1.59. The summed E-state index contributed by atoms with van der Waals surface area (Å²) in [7, 11) is 0. The zero-order chi connectivity index (χ0) is 11.0. The van der Waals surface area contributed by atoms with Crippen LogP contribution in [0.2, 0.25) is 0 Å². The Morgan fingerprint density at radius 3 is 2.57 bits per heavy atom. The molecule has 0 radical (unpaired) electrons. The zero-order valence-electron chi connectivity index (χ0n) is 8.09. The Balaban J connectivity index is 3.57. The maximum atomic E-state index is 11.2. The molecule has 82 valence electrons. The molecule has 14 heavy (non-hydrogen) atoms. The van der Waals surface area contributed by atoms with Crippen molar-refractivity contribution in [2.45, 2.75) is 37.4 Å². The normalized spacial score (nSPS) is 12.2. The molecule has 0 aromatic rings. The van der Waals surface area contributed by atoms with Crippen molar-refractivity contribution in [3.8, 4) is 0 Å². The standard InChI is InChI=1S/C9H14BrClO3/c1-2-3-4-5-14-9(13)7(10)6-8(11)12/h7H,2-6H2,1H3. The van der Waals surface area contributed by atoms with E-state index in [1.165, 1.54) is 0 Å². The van der Waals surface area contributed by atoms with Crippen LogP contribution in [0.3, 0.4) is 0 Å². The first-order valence-electron chi connectivity index (χ1n) is 4.57. The Morgan fingerprint density at radius 1 is 1.43 bits per heavy atom. The molecule has 0 saturated carbocycles. The van der Waals surface area contributed by atoms with Gasteiger partial charge in [-0.2, -0.15) is 0 Å².